The number of hydrogen-bond donors (Lipinski definition) is 1. The van der Waals surface area contributed by atoms with E-state index in [4.69, 9.17) is 10.5 Å². The summed E-state index contributed by atoms with van der Waals surface area (Å²) in [5.74, 6) is -2.60. The normalized spacial score (nSPS) is 12.7. The first-order valence-electron chi connectivity index (χ1n) is 5.81. The van der Waals surface area contributed by atoms with E-state index >= 15 is 0 Å². The van der Waals surface area contributed by atoms with Gasteiger partial charge >= 0.3 is 5.97 Å². The van der Waals surface area contributed by atoms with Crippen molar-refractivity contribution in [1.29, 1.82) is 0 Å². The van der Waals surface area contributed by atoms with Gasteiger partial charge in [0.15, 0.2) is 0 Å². The van der Waals surface area contributed by atoms with Gasteiger partial charge in [0.1, 0.15) is 5.92 Å². The number of nitrogens with zero attached hydrogens (tertiary/aromatic N) is 1. The van der Waals surface area contributed by atoms with Crippen LogP contribution in [0.2, 0.25) is 0 Å². The number of rotatable bonds is 5. The van der Waals surface area contributed by atoms with E-state index in [2.05, 4.69) is 0 Å². The summed E-state index contributed by atoms with van der Waals surface area (Å²) in [6.07, 6.45) is 0. The van der Waals surface area contributed by atoms with Crippen LogP contribution in [-0.4, -0.2) is 42.9 Å². The third-order valence-corrected chi connectivity index (χ3v) is 2.40. The lowest BCUT2D eigenvalue weighted by molar-refractivity contribution is -0.160. The van der Waals surface area contributed by atoms with Crippen LogP contribution in [0.3, 0.4) is 0 Å². The summed E-state index contributed by atoms with van der Waals surface area (Å²) in [5, 5.41) is 0. The molecule has 0 aromatic heterocycles. The Morgan fingerprint density at radius 2 is 1.78 bits per heavy atom. The first-order chi connectivity index (χ1) is 8.11. The molecule has 0 aliphatic carbocycles. The Hall–Kier alpha value is -1.59. The van der Waals surface area contributed by atoms with E-state index < -0.39 is 29.1 Å². The molecule has 2 N–H and O–H groups in total. The van der Waals surface area contributed by atoms with Gasteiger partial charge in [0.25, 0.3) is 0 Å². The largest absolute Gasteiger partial charge is 0.465 e. The molecule has 1 unspecified atom stereocenters. The molecular formula is C12H22N2O4. The maximum absolute atomic E-state index is 12.2. The standard InChI is InChI=1S/C12H22N2O4/c1-6-18-11(17)9(12(2,3)4)10(16)14(5)7-8(13)15/h9H,6-7H2,1-5H3,(H2,13,15). The predicted molar refractivity (Wildman–Crippen MR) is 66.4 cm³/mol. The van der Waals surface area contributed by atoms with E-state index in [0.29, 0.717) is 0 Å². The molecule has 2 amide bonds. The van der Waals surface area contributed by atoms with Crippen molar-refractivity contribution in [3.05, 3.63) is 0 Å². The maximum atomic E-state index is 12.2. The summed E-state index contributed by atoms with van der Waals surface area (Å²) in [5.41, 5.74) is 4.44. The van der Waals surface area contributed by atoms with Gasteiger partial charge in [-0.25, -0.2) is 0 Å². The molecule has 0 heterocycles. The van der Waals surface area contributed by atoms with Gasteiger partial charge in [-0.1, -0.05) is 20.8 Å². The minimum Gasteiger partial charge on any atom is -0.465 e. The molecule has 0 aliphatic heterocycles. The van der Waals surface area contributed by atoms with Crippen molar-refractivity contribution in [1.82, 2.24) is 4.90 Å². The van der Waals surface area contributed by atoms with Crippen LogP contribution in [0, 0.1) is 11.3 Å². The molecule has 0 radical (unpaired) electrons. The number of carbonyl (C=O) groups is 3. The number of esters is 1. The highest BCUT2D eigenvalue weighted by atomic mass is 16.5. The molecule has 0 aliphatic rings. The third kappa shape index (κ3) is 4.73. The van der Waals surface area contributed by atoms with Crippen LogP contribution in [0.25, 0.3) is 0 Å². The molecule has 0 aromatic rings. The highest BCUT2D eigenvalue weighted by Gasteiger charge is 2.40. The molecular weight excluding hydrogens is 236 g/mol. The lowest BCUT2D eigenvalue weighted by Gasteiger charge is -2.30. The van der Waals surface area contributed by atoms with Crippen molar-refractivity contribution >= 4 is 17.8 Å². The molecule has 0 saturated carbocycles. The molecule has 0 rings (SSSR count). The number of carbonyl (C=O) groups excluding carboxylic acids is 3. The summed E-state index contributed by atoms with van der Waals surface area (Å²) in [4.78, 5) is 35.9. The fourth-order valence-electron chi connectivity index (χ4n) is 1.58. The van der Waals surface area contributed by atoms with Gasteiger partial charge in [0.05, 0.1) is 13.2 Å². The van der Waals surface area contributed by atoms with Gasteiger partial charge in [-0.05, 0) is 12.3 Å². The van der Waals surface area contributed by atoms with E-state index in [1.54, 1.807) is 27.7 Å². The summed E-state index contributed by atoms with van der Waals surface area (Å²) in [6, 6.07) is 0. The van der Waals surface area contributed by atoms with Crippen LogP contribution in [0.5, 0.6) is 0 Å². The first-order valence-corrected chi connectivity index (χ1v) is 5.81. The van der Waals surface area contributed by atoms with E-state index in [9.17, 15) is 14.4 Å². The Morgan fingerprint density at radius 1 is 1.28 bits per heavy atom. The number of nitrogens with two attached hydrogens (primary N) is 1. The minimum atomic E-state index is -0.943. The van der Waals surface area contributed by atoms with Crippen LogP contribution in [0.15, 0.2) is 0 Å². The Balaban J connectivity index is 5.03. The van der Waals surface area contributed by atoms with E-state index in [-0.39, 0.29) is 13.2 Å². The second kappa shape index (κ2) is 6.37. The molecule has 0 aromatic carbocycles. The second-order valence-corrected chi connectivity index (χ2v) is 5.21. The minimum absolute atomic E-state index is 0.207. The summed E-state index contributed by atoms with van der Waals surface area (Å²) in [6.45, 7) is 6.97. The van der Waals surface area contributed by atoms with Crippen molar-refractivity contribution in [2.75, 3.05) is 20.2 Å². The van der Waals surface area contributed by atoms with E-state index in [1.807, 2.05) is 0 Å². The van der Waals surface area contributed by atoms with Crippen molar-refractivity contribution in [2.45, 2.75) is 27.7 Å². The quantitative estimate of drug-likeness (QED) is 0.561. The average molecular weight is 258 g/mol. The van der Waals surface area contributed by atoms with Crippen molar-refractivity contribution in [2.24, 2.45) is 17.1 Å². The van der Waals surface area contributed by atoms with Crippen LogP contribution in [0.4, 0.5) is 0 Å². The number of amides is 2. The summed E-state index contributed by atoms with van der Waals surface area (Å²) in [7, 11) is 1.44. The van der Waals surface area contributed by atoms with Crippen LogP contribution in [-0.2, 0) is 19.1 Å². The smallest absolute Gasteiger partial charge is 0.319 e. The number of hydrogen-bond acceptors (Lipinski definition) is 4. The lowest BCUT2D eigenvalue weighted by atomic mass is 9.80. The second-order valence-electron chi connectivity index (χ2n) is 5.21. The van der Waals surface area contributed by atoms with Gasteiger partial charge in [0, 0.05) is 7.05 Å². The van der Waals surface area contributed by atoms with Crippen LogP contribution < -0.4 is 5.73 Å². The van der Waals surface area contributed by atoms with Crippen molar-refractivity contribution < 1.29 is 19.1 Å². The summed E-state index contributed by atoms with van der Waals surface area (Å²) < 4.78 is 4.90. The molecule has 18 heavy (non-hydrogen) atoms. The van der Waals surface area contributed by atoms with Gasteiger partial charge in [-0.15, -0.1) is 0 Å². The zero-order chi connectivity index (χ0) is 14.5. The number of ether oxygens (including phenoxy) is 1. The van der Waals surface area contributed by atoms with Gasteiger partial charge in [0.2, 0.25) is 11.8 Å². The van der Waals surface area contributed by atoms with Crippen LogP contribution >= 0.6 is 0 Å². The fourth-order valence-corrected chi connectivity index (χ4v) is 1.58. The molecule has 0 spiro atoms. The van der Waals surface area contributed by atoms with E-state index in [1.165, 1.54) is 7.05 Å². The SMILES string of the molecule is CCOC(=O)C(C(=O)N(C)CC(N)=O)C(C)(C)C. The maximum Gasteiger partial charge on any atom is 0.319 e. The molecule has 1 atom stereocenters. The van der Waals surface area contributed by atoms with Crippen LogP contribution in [0.1, 0.15) is 27.7 Å². The molecule has 0 saturated heterocycles. The Labute approximate surface area is 107 Å². The van der Waals surface area contributed by atoms with Gasteiger partial charge < -0.3 is 15.4 Å². The Morgan fingerprint density at radius 3 is 2.11 bits per heavy atom. The molecule has 0 fully saturated rings. The van der Waals surface area contributed by atoms with E-state index in [0.717, 1.165) is 4.90 Å². The van der Waals surface area contributed by atoms with Gasteiger partial charge in [-0.2, -0.15) is 0 Å². The zero-order valence-corrected chi connectivity index (χ0v) is 11.6. The monoisotopic (exact) mass is 258 g/mol. The number of likely N-dealkylation sites (N-methyl/N-ethyl adjacent to an activating group) is 1. The van der Waals surface area contributed by atoms with Crippen molar-refractivity contribution in [3.8, 4) is 0 Å². The fraction of sp³-hybridized carbons (Fsp3) is 0.750. The number of primary amides is 1. The Kier molecular flexibility index (Phi) is 5.81. The molecule has 6 nitrogen and oxygen atoms in total. The Bertz CT molecular complexity index is 333. The molecule has 6 heteroatoms. The first kappa shape index (κ1) is 16.4. The van der Waals surface area contributed by atoms with Gasteiger partial charge in [-0.3, -0.25) is 14.4 Å². The predicted octanol–water partition coefficient (Wildman–Crippen LogP) is 0.156. The third-order valence-electron chi connectivity index (χ3n) is 2.40. The highest BCUT2D eigenvalue weighted by Crippen LogP contribution is 2.28. The molecule has 104 valence electrons. The summed E-state index contributed by atoms with van der Waals surface area (Å²) >= 11 is 0. The highest BCUT2D eigenvalue weighted by molar-refractivity contribution is 5.99. The zero-order valence-electron chi connectivity index (χ0n) is 11.6. The topological polar surface area (TPSA) is 89.7 Å². The lowest BCUT2D eigenvalue weighted by Crippen LogP contribution is -2.46. The average Bonchev–Trinajstić information content (AvgIpc) is 2.14. The molecule has 0 bridgehead atoms. The van der Waals surface area contributed by atoms with Crippen molar-refractivity contribution in [3.63, 3.8) is 0 Å².